The van der Waals surface area contributed by atoms with E-state index in [4.69, 9.17) is 0 Å². The summed E-state index contributed by atoms with van der Waals surface area (Å²) in [5.74, 6) is 0.790. The molecule has 16 heavy (non-hydrogen) atoms. The molecule has 1 aliphatic carbocycles. The maximum Gasteiger partial charge on any atom is 0.237 e. The van der Waals surface area contributed by atoms with Crippen molar-refractivity contribution in [2.75, 3.05) is 13.1 Å². The van der Waals surface area contributed by atoms with Crippen LogP contribution in [0.4, 0.5) is 0 Å². The van der Waals surface area contributed by atoms with Gasteiger partial charge in [-0.3, -0.25) is 4.79 Å². The van der Waals surface area contributed by atoms with Gasteiger partial charge in [-0.05, 0) is 31.7 Å². The number of nitrogens with one attached hydrogen (secondary N) is 2. The number of hydrogen-bond donors (Lipinski definition) is 3. The van der Waals surface area contributed by atoms with Gasteiger partial charge in [0.2, 0.25) is 5.91 Å². The largest absolute Gasteiger partial charge is 0.393 e. The second-order valence-electron chi connectivity index (χ2n) is 5.20. The minimum absolute atomic E-state index is 0.0291. The summed E-state index contributed by atoms with van der Waals surface area (Å²) in [4.78, 5) is 11.9. The summed E-state index contributed by atoms with van der Waals surface area (Å²) in [6, 6.07) is -0.0291. The quantitative estimate of drug-likeness (QED) is 0.647. The predicted molar refractivity (Wildman–Crippen MR) is 61.9 cm³/mol. The highest BCUT2D eigenvalue weighted by molar-refractivity contribution is 5.82. The van der Waals surface area contributed by atoms with Crippen molar-refractivity contribution in [1.82, 2.24) is 10.6 Å². The van der Waals surface area contributed by atoms with Crippen molar-refractivity contribution < 1.29 is 9.90 Å². The molecule has 0 radical (unpaired) electrons. The molecule has 2 aliphatic rings. The van der Waals surface area contributed by atoms with Crippen LogP contribution in [0.1, 0.15) is 32.6 Å². The molecule has 0 spiro atoms. The van der Waals surface area contributed by atoms with E-state index in [0.29, 0.717) is 12.5 Å². The molecule has 1 amide bonds. The third kappa shape index (κ3) is 2.55. The van der Waals surface area contributed by atoms with Crippen LogP contribution in [-0.2, 0) is 4.79 Å². The van der Waals surface area contributed by atoms with E-state index < -0.39 is 0 Å². The molecule has 0 aromatic heterocycles. The topological polar surface area (TPSA) is 61.4 Å². The van der Waals surface area contributed by atoms with Crippen molar-refractivity contribution in [3.05, 3.63) is 0 Å². The van der Waals surface area contributed by atoms with Crippen molar-refractivity contribution in [3.63, 3.8) is 0 Å². The summed E-state index contributed by atoms with van der Waals surface area (Å²) in [6.45, 7) is 3.67. The standard InChI is InChI=1S/C12H22N2O2/c1-8-5-6-13-11(8)12(16)14-7-9-3-2-4-10(9)15/h8-11,13,15H,2-7H2,1H3,(H,14,16). The summed E-state index contributed by atoms with van der Waals surface area (Å²) in [6.07, 6.45) is 3.87. The Hall–Kier alpha value is -0.610. The van der Waals surface area contributed by atoms with E-state index in [2.05, 4.69) is 17.6 Å². The van der Waals surface area contributed by atoms with Crippen LogP contribution in [0.5, 0.6) is 0 Å². The molecule has 3 N–H and O–H groups in total. The lowest BCUT2D eigenvalue weighted by Crippen LogP contribution is -2.45. The Labute approximate surface area is 96.8 Å². The van der Waals surface area contributed by atoms with E-state index in [1.165, 1.54) is 0 Å². The first-order valence-corrected chi connectivity index (χ1v) is 6.37. The Kier molecular flexibility index (Phi) is 3.82. The first-order chi connectivity index (χ1) is 7.68. The van der Waals surface area contributed by atoms with E-state index in [1.807, 2.05) is 0 Å². The Morgan fingerprint density at radius 2 is 2.25 bits per heavy atom. The number of carbonyl (C=O) groups excluding carboxylic acids is 1. The van der Waals surface area contributed by atoms with Gasteiger partial charge in [0.15, 0.2) is 0 Å². The molecule has 4 nitrogen and oxygen atoms in total. The molecule has 4 heteroatoms. The van der Waals surface area contributed by atoms with Gasteiger partial charge in [0.1, 0.15) is 0 Å². The van der Waals surface area contributed by atoms with Gasteiger partial charge in [-0.1, -0.05) is 13.3 Å². The average molecular weight is 226 g/mol. The van der Waals surface area contributed by atoms with Gasteiger partial charge >= 0.3 is 0 Å². The van der Waals surface area contributed by atoms with Crippen molar-refractivity contribution in [1.29, 1.82) is 0 Å². The van der Waals surface area contributed by atoms with Crippen LogP contribution >= 0.6 is 0 Å². The Morgan fingerprint density at radius 1 is 1.44 bits per heavy atom. The van der Waals surface area contributed by atoms with Crippen LogP contribution in [0.15, 0.2) is 0 Å². The first-order valence-electron chi connectivity index (χ1n) is 6.37. The Morgan fingerprint density at radius 3 is 2.81 bits per heavy atom. The molecule has 2 rings (SSSR count). The molecule has 0 aromatic carbocycles. The van der Waals surface area contributed by atoms with Gasteiger partial charge in [-0.2, -0.15) is 0 Å². The lowest BCUT2D eigenvalue weighted by atomic mass is 10.0. The molecule has 2 fully saturated rings. The molecule has 4 atom stereocenters. The normalized spacial score (nSPS) is 38.9. The van der Waals surface area contributed by atoms with E-state index >= 15 is 0 Å². The zero-order chi connectivity index (χ0) is 11.5. The monoisotopic (exact) mass is 226 g/mol. The molecule has 1 saturated heterocycles. The van der Waals surface area contributed by atoms with Crippen molar-refractivity contribution in [3.8, 4) is 0 Å². The summed E-state index contributed by atoms with van der Waals surface area (Å²) >= 11 is 0. The maximum atomic E-state index is 11.9. The lowest BCUT2D eigenvalue weighted by Gasteiger charge is -2.19. The van der Waals surface area contributed by atoms with Crippen molar-refractivity contribution in [2.45, 2.75) is 44.8 Å². The van der Waals surface area contributed by atoms with Crippen LogP contribution in [0.25, 0.3) is 0 Å². The van der Waals surface area contributed by atoms with Crippen LogP contribution < -0.4 is 10.6 Å². The fourth-order valence-corrected chi connectivity index (χ4v) is 2.78. The van der Waals surface area contributed by atoms with Gasteiger partial charge in [-0.25, -0.2) is 0 Å². The zero-order valence-electron chi connectivity index (χ0n) is 9.91. The number of aliphatic hydroxyl groups excluding tert-OH is 1. The van der Waals surface area contributed by atoms with Gasteiger partial charge in [0, 0.05) is 12.5 Å². The third-order valence-corrected chi connectivity index (χ3v) is 3.97. The summed E-state index contributed by atoms with van der Waals surface area (Å²) < 4.78 is 0. The van der Waals surface area contributed by atoms with Gasteiger partial charge in [0.25, 0.3) is 0 Å². The molecule has 1 saturated carbocycles. The molecule has 4 unspecified atom stereocenters. The van der Waals surface area contributed by atoms with E-state index in [-0.39, 0.29) is 24.0 Å². The summed E-state index contributed by atoms with van der Waals surface area (Å²) in [5.41, 5.74) is 0. The number of amides is 1. The Bertz CT molecular complexity index is 257. The maximum absolute atomic E-state index is 11.9. The summed E-state index contributed by atoms with van der Waals surface area (Å²) in [5, 5.41) is 15.8. The number of rotatable bonds is 3. The molecule has 1 heterocycles. The number of hydrogen-bond acceptors (Lipinski definition) is 3. The number of carbonyl (C=O) groups is 1. The average Bonchev–Trinajstić information content (AvgIpc) is 2.84. The minimum Gasteiger partial charge on any atom is -0.393 e. The first kappa shape index (κ1) is 11.9. The van der Waals surface area contributed by atoms with E-state index in [9.17, 15) is 9.90 Å². The highest BCUT2D eigenvalue weighted by Gasteiger charge is 2.31. The second-order valence-corrected chi connectivity index (χ2v) is 5.20. The van der Waals surface area contributed by atoms with Gasteiger partial charge in [-0.15, -0.1) is 0 Å². The number of aliphatic hydroxyl groups is 1. The van der Waals surface area contributed by atoms with Crippen LogP contribution in [-0.4, -0.2) is 36.2 Å². The Balaban J connectivity index is 1.75. The molecule has 0 aromatic rings. The highest BCUT2D eigenvalue weighted by atomic mass is 16.3. The fourth-order valence-electron chi connectivity index (χ4n) is 2.78. The van der Waals surface area contributed by atoms with Crippen molar-refractivity contribution in [2.24, 2.45) is 11.8 Å². The minimum atomic E-state index is -0.214. The molecular formula is C12H22N2O2. The molecule has 1 aliphatic heterocycles. The third-order valence-electron chi connectivity index (χ3n) is 3.97. The predicted octanol–water partition coefficient (Wildman–Crippen LogP) is 0.262. The van der Waals surface area contributed by atoms with E-state index in [0.717, 1.165) is 32.2 Å². The zero-order valence-corrected chi connectivity index (χ0v) is 9.91. The fraction of sp³-hybridized carbons (Fsp3) is 0.917. The van der Waals surface area contributed by atoms with Crippen LogP contribution in [0.2, 0.25) is 0 Å². The molecule has 0 bridgehead atoms. The van der Waals surface area contributed by atoms with Gasteiger partial charge in [0.05, 0.1) is 12.1 Å². The van der Waals surface area contributed by atoms with Crippen LogP contribution in [0, 0.1) is 11.8 Å². The summed E-state index contributed by atoms with van der Waals surface area (Å²) in [7, 11) is 0. The highest BCUT2D eigenvalue weighted by Crippen LogP contribution is 2.24. The van der Waals surface area contributed by atoms with Crippen LogP contribution in [0.3, 0.4) is 0 Å². The lowest BCUT2D eigenvalue weighted by molar-refractivity contribution is -0.123. The van der Waals surface area contributed by atoms with Crippen molar-refractivity contribution >= 4 is 5.91 Å². The molecular weight excluding hydrogens is 204 g/mol. The van der Waals surface area contributed by atoms with E-state index in [1.54, 1.807) is 0 Å². The van der Waals surface area contributed by atoms with Gasteiger partial charge < -0.3 is 15.7 Å². The smallest absolute Gasteiger partial charge is 0.237 e. The molecule has 92 valence electrons. The SMILES string of the molecule is CC1CCNC1C(=O)NCC1CCCC1O. The second kappa shape index (κ2) is 5.15.